The van der Waals surface area contributed by atoms with Crippen molar-refractivity contribution in [2.75, 3.05) is 13.2 Å². The van der Waals surface area contributed by atoms with Crippen LogP contribution in [-0.2, 0) is 0 Å². The molecule has 0 atom stereocenters. The van der Waals surface area contributed by atoms with Gasteiger partial charge in [-0.2, -0.15) is 0 Å². The molecule has 0 heterocycles. The van der Waals surface area contributed by atoms with E-state index in [9.17, 15) is 0 Å². The highest BCUT2D eigenvalue weighted by molar-refractivity contribution is 9.10. The fourth-order valence-electron chi connectivity index (χ4n) is 0.743. The molecule has 0 bridgehead atoms. The minimum Gasteiger partial charge on any atom is -0.492 e. The number of hydrogen-bond donors (Lipinski definition) is 1. The largest absolute Gasteiger partial charge is 0.492 e. The van der Waals surface area contributed by atoms with Gasteiger partial charge in [-0.1, -0.05) is 11.6 Å². The first-order valence-corrected chi connectivity index (χ1v) is 4.69. The molecule has 0 fully saturated rings. The highest BCUT2D eigenvalue weighted by Gasteiger charge is 1.98. The zero-order valence-corrected chi connectivity index (χ0v) is 8.73. The van der Waals surface area contributed by atoms with Crippen LogP contribution in [0.4, 0.5) is 0 Å². The van der Waals surface area contributed by atoms with Gasteiger partial charge in [0.15, 0.2) is 0 Å². The molecule has 0 spiro atoms. The normalized spacial score (nSPS) is 9.92. The van der Waals surface area contributed by atoms with Crippen LogP contribution in [0.15, 0.2) is 22.7 Å². The van der Waals surface area contributed by atoms with Crippen molar-refractivity contribution in [2.24, 2.45) is 5.73 Å². The third kappa shape index (κ3) is 2.66. The summed E-state index contributed by atoms with van der Waals surface area (Å²) in [6.07, 6.45) is 0. The van der Waals surface area contributed by atoms with E-state index in [-0.39, 0.29) is 0 Å². The molecule has 1 aromatic rings. The van der Waals surface area contributed by atoms with Gasteiger partial charge in [0.2, 0.25) is 0 Å². The maximum atomic E-state index is 5.83. The highest BCUT2D eigenvalue weighted by atomic mass is 79.9. The lowest BCUT2D eigenvalue weighted by Gasteiger charge is -2.04. The number of ether oxygens (including phenoxy) is 1. The van der Waals surface area contributed by atoms with Crippen LogP contribution in [0.5, 0.6) is 5.75 Å². The highest BCUT2D eigenvalue weighted by Crippen LogP contribution is 2.26. The molecule has 66 valence electrons. The van der Waals surface area contributed by atoms with Crippen LogP contribution >= 0.6 is 27.5 Å². The molecule has 0 aliphatic carbocycles. The zero-order chi connectivity index (χ0) is 8.97. The van der Waals surface area contributed by atoms with E-state index < -0.39 is 0 Å². The molecule has 0 amide bonds. The fraction of sp³-hybridized carbons (Fsp3) is 0.250. The molecule has 0 radical (unpaired) electrons. The van der Waals surface area contributed by atoms with Crippen LogP contribution in [0.1, 0.15) is 0 Å². The van der Waals surface area contributed by atoms with E-state index in [4.69, 9.17) is 22.1 Å². The molecule has 4 heteroatoms. The smallest absolute Gasteiger partial charge is 0.120 e. The fourth-order valence-corrected chi connectivity index (χ4v) is 1.16. The van der Waals surface area contributed by atoms with Gasteiger partial charge in [0.25, 0.3) is 0 Å². The van der Waals surface area contributed by atoms with Crippen LogP contribution in [0.25, 0.3) is 0 Å². The first-order chi connectivity index (χ1) is 5.74. The molecule has 0 saturated carbocycles. The van der Waals surface area contributed by atoms with Gasteiger partial charge in [0.1, 0.15) is 12.4 Å². The first kappa shape index (κ1) is 9.84. The van der Waals surface area contributed by atoms with Gasteiger partial charge >= 0.3 is 0 Å². The Morgan fingerprint density at radius 3 is 2.83 bits per heavy atom. The third-order valence-electron chi connectivity index (χ3n) is 1.28. The molecule has 2 nitrogen and oxygen atoms in total. The Bertz CT molecular complexity index is 267. The number of benzene rings is 1. The topological polar surface area (TPSA) is 35.2 Å². The summed E-state index contributed by atoms with van der Waals surface area (Å²) in [5.41, 5.74) is 5.28. The van der Waals surface area contributed by atoms with Gasteiger partial charge in [0.05, 0.1) is 5.02 Å². The molecule has 0 aliphatic heterocycles. The summed E-state index contributed by atoms with van der Waals surface area (Å²) >= 11 is 9.12. The van der Waals surface area contributed by atoms with Crippen LogP contribution in [0.3, 0.4) is 0 Å². The minimum atomic E-state index is 0.508. The lowest BCUT2D eigenvalue weighted by Crippen LogP contribution is -2.10. The maximum absolute atomic E-state index is 5.83. The molecule has 12 heavy (non-hydrogen) atoms. The van der Waals surface area contributed by atoms with E-state index in [0.29, 0.717) is 18.2 Å². The van der Waals surface area contributed by atoms with E-state index in [1.807, 2.05) is 12.1 Å². The second-order valence-electron chi connectivity index (χ2n) is 2.21. The monoisotopic (exact) mass is 249 g/mol. The third-order valence-corrected chi connectivity index (χ3v) is 2.51. The molecule has 0 aromatic heterocycles. The summed E-state index contributed by atoms with van der Waals surface area (Å²) < 4.78 is 6.13. The van der Waals surface area contributed by atoms with E-state index in [1.54, 1.807) is 6.07 Å². The van der Waals surface area contributed by atoms with Crippen LogP contribution in [-0.4, -0.2) is 13.2 Å². The quantitative estimate of drug-likeness (QED) is 0.894. The number of nitrogens with two attached hydrogens (primary N) is 1. The van der Waals surface area contributed by atoms with E-state index in [2.05, 4.69) is 15.9 Å². The first-order valence-electron chi connectivity index (χ1n) is 3.52. The van der Waals surface area contributed by atoms with Crippen molar-refractivity contribution < 1.29 is 4.74 Å². The number of halogens is 2. The van der Waals surface area contributed by atoms with Crippen molar-refractivity contribution in [3.63, 3.8) is 0 Å². The van der Waals surface area contributed by atoms with Crippen LogP contribution in [0.2, 0.25) is 5.02 Å². The van der Waals surface area contributed by atoms with Crippen molar-refractivity contribution in [3.05, 3.63) is 27.7 Å². The average molecular weight is 251 g/mol. The molecule has 0 unspecified atom stereocenters. The van der Waals surface area contributed by atoms with Crippen molar-refractivity contribution in [2.45, 2.75) is 0 Å². The predicted molar refractivity (Wildman–Crippen MR) is 53.7 cm³/mol. The molecular formula is C8H9BrClNO. The average Bonchev–Trinajstić information content (AvgIpc) is 2.07. The molecule has 1 aromatic carbocycles. The van der Waals surface area contributed by atoms with Crippen LogP contribution in [0, 0.1) is 0 Å². The summed E-state index contributed by atoms with van der Waals surface area (Å²) in [5, 5.41) is 0.643. The Labute approximate surface area is 84.8 Å². The van der Waals surface area contributed by atoms with Crippen molar-refractivity contribution in [1.82, 2.24) is 0 Å². The van der Waals surface area contributed by atoms with Gasteiger partial charge < -0.3 is 10.5 Å². The second kappa shape index (κ2) is 4.70. The van der Waals surface area contributed by atoms with E-state index >= 15 is 0 Å². The van der Waals surface area contributed by atoms with E-state index in [0.717, 1.165) is 10.2 Å². The summed E-state index contributed by atoms with van der Waals surface area (Å²) in [4.78, 5) is 0. The summed E-state index contributed by atoms with van der Waals surface area (Å²) in [6.45, 7) is 1.02. The standard InChI is InChI=1S/C8H9BrClNO/c9-7-2-1-6(5-8(7)10)12-4-3-11/h1-2,5H,3-4,11H2. The van der Waals surface area contributed by atoms with Gasteiger partial charge in [-0.25, -0.2) is 0 Å². The van der Waals surface area contributed by atoms with E-state index in [1.165, 1.54) is 0 Å². The van der Waals surface area contributed by atoms with Crippen molar-refractivity contribution >= 4 is 27.5 Å². The lowest BCUT2D eigenvalue weighted by atomic mass is 10.3. The summed E-state index contributed by atoms with van der Waals surface area (Å²) in [6, 6.07) is 5.43. The Hall–Kier alpha value is -0.250. The van der Waals surface area contributed by atoms with Crippen LogP contribution < -0.4 is 10.5 Å². The zero-order valence-electron chi connectivity index (χ0n) is 6.39. The summed E-state index contributed by atoms with van der Waals surface area (Å²) in [5.74, 6) is 0.744. The molecule has 0 saturated heterocycles. The number of hydrogen-bond acceptors (Lipinski definition) is 2. The van der Waals surface area contributed by atoms with Crippen molar-refractivity contribution in [1.29, 1.82) is 0 Å². The Morgan fingerprint density at radius 2 is 2.25 bits per heavy atom. The Balaban J connectivity index is 2.69. The summed E-state index contributed by atoms with van der Waals surface area (Å²) in [7, 11) is 0. The van der Waals surface area contributed by atoms with Gasteiger partial charge in [-0.15, -0.1) is 0 Å². The Morgan fingerprint density at radius 1 is 1.50 bits per heavy atom. The minimum absolute atomic E-state index is 0.508. The lowest BCUT2D eigenvalue weighted by molar-refractivity contribution is 0.328. The molecular weight excluding hydrogens is 241 g/mol. The molecule has 2 N–H and O–H groups in total. The van der Waals surface area contributed by atoms with Gasteiger partial charge in [0, 0.05) is 11.0 Å². The molecule has 0 aliphatic rings. The maximum Gasteiger partial charge on any atom is 0.120 e. The van der Waals surface area contributed by atoms with Gasteiger partial charge in [-0.05, 0) is 34.1 Å². The molecule has 1 rings (SSSR count). The van der Waals surface area contributed by atoms with Gasteiger partial charge in [-0.3, -0.25) is 0 Å². The van der Waals surface area contributed by atoms with Crippen molar-refractivity contribution in [3.8, 4) is 5.75 Å². The Kier molecular flexibility index (Phi) is 3.85. The number of rotatable bonds is 3. The predicted octanol–water partition coefficient (Wildman–Crippen LogP) is 2.44. The second-order valence-corrected chi connectivity index (χ2v) is 3.47. The SMILES string of the molecule is NCCOc1ccc(Br)c(Cl)c1.